The van der Waals surface area contributed by atoms with Crippen LogP contribution in [0.2, 0.25) is 0 Å². The summed E-state index contributed by atoms with van der Waals surface area (Å²) in [6, 6.07) is 7.54. The van der Waals surface area contributed by atoms with E-state index in [0.717, 1.165) is 5.56 Å². The Morgan fingerprint density at radius 1 is 1.42 bits per heavy atom. The van der Waals surface area contributed by atoms with Crippen LogP contribution in [0.4, 0.5) is 0 Å². The zero-order valence-corrected chi connectivity index (χ0v) is 11.6. The van der Waals surface area contributed by atoms with E-state index < -0.39 is 6.10 Å². The molecule has 0 aliphatic rings. The average molecular weight is 268 g/mol. The highest BCUT2D eigenvalue weighted by Gasteiger charge is 2.13. The van der Waals surface area contributed by atoms with Crippen LogP contribution < -0.4 is 10.5 Å². The van der Waals surface area contributed by atoms with Gasteiger partial charge >= 0.3 is 0 Å². The minimum absolute atomic E-state index is 0.0234. The molecule has 0 bridgehead atoms. The molecule has 0 aliphatic heterocycles. The van der Waals surface area contributed by atoms with Crippen LogP contribution in [-0.2, 0) is 6.54 Å². The quantitative estimate of drug-likeness (QED) is 0.627. The van der Waals surface area contributed by atoms with Crippen molar-refractivity contribution >= 4 is 0 Å². The molecule has 0 saturated heterocycles. The standard InChI is InChI=1S/C14H24N2O3/c1-11(9-17)16(2)8-13(18)10-19-14-5-3-4-12(6-14)7-15/h3-6,11,13,17-18H,7-10,15H2,1-2H3. The molecule has 1 aromatic rings. The van der Waals surface area contributed by atoms with Crippen molar-refractivity contribution in [3.05, 3.63) is 29.8 Å². The van der Waals surface area contributed by atoms with Crippen molar-refractivity contribution in [2.24, 2.45) is 5.73 Å². The van der Waals surface area contributed by atoms with Gasteiger partial charge < -0.3 is 20.7 Å². The van der Waals surface area contributed by atoms with Crippen LogP contribution in [0.5, 0.6) is 5.75 Å². The van der Waals surface area contributed by atoms with Gasteiger partial charge in [-0.05, 0) is 31.7 Å². The summed E-state index contributed by atoms with van der Waals surface area (Å²) in [5.41, 5.74) is 6.55. The molecule has 5 heteroatoms. The fourth-order valence-corrected chi connectivity index (χ4v) is 1.66. The van der Waals surface area contributed by atoms with Gasteiger partial charge in [0.25, 0.3) is 0 Å². The molecule has 0 fully saturated rings. The number of nitrogens with two attached hydrogens (primary N) is 1. The fourth-order valence-electron chi connectivity index (χ4n) is 1.66. The maximum Gasteiger partial charge on any atom is 0.119 e. The number of aliphatic hydroxyl groups excluding tert-OH is 2. The van der Waals surface area contributed by atoms with Crippen molar-refractivity contribution in [1.82, 2.24) is 4.90 Å². The topological polar surface area (TPSA) is 79.0 Å². The molecule has 0 heterocycles. The van der Waals surface area contributed by atoms with Gasteiger partial charge in [0, 0.05) is 19.1 Å². The van der Waals surface area contributed by atoms with Crippen LogP contribution in [0.25, 0.3) is 0 Å². The smallest absolute Gasteiger partial charge is 0.119 e. The van der Waals surface area contributed by atoms with Crippen LogP contribution in [0.3, 0.4) is 0 Å². The molecule has 0 aliphatic carbocycles. The second-order valence-corrected chi connectivity index (χ2v) is 4.79. The number of aliphatic hydroxyl groups is 2. The third-order valence-electron chi connectivity index (χ3n) is 3.09. The van der Waals surface area contributed by atoms with E-state index in [4.69, 9.17) is 15.6 Å². The molecular formula is C14H24N2O3. The maximum atomic E-state index is 9.88. The van der Waals surface area contributed by atoms with E-state index in [0.29, 0.717) is 18.8 Å². The number of benzene rings is 1. The predicted molar refractivity (Wildman–Crippen MR) is 75.0 cm³/mol. The molecule has 0 saturated carbocycles. The first-order valence-electron chi connectivity index (χ1n) is 6.47. The molecule has 2 atom stereocenters. The summed E-state index contributed by atoms with van der Waals surface area (Å²) in [6.07, 6.45) is -0.597. The molecule has 19 heavy (non-hydrogen) atoms. The lowest BCUT2D eigenvalue weighted by Crippen LogP contribution is -2.39. The van der Waals surface area contributed by atoms with Gasteiger partial charge in [0.2, 0.25) is 0 Å². The number of rotatable bonds is 8. The summed E-state index contributed by atoms with van der Waals surface area (Å²) in [6.45, 7) is 3.12. The maximum absolute atomic E-state index is 9.88. The van der Waals surface area contributed by atoms with Gasteiger partial charge in [-0.25, -0.2) is 0 Å². The third-order valence-corrected chi connectivity index (χ3v) is 3.09. The number of hydrogen-bond donors (Lipinski definition) is 3. The molecule has 1 rings (SSSR count). The van der Waals surface area contributed by atoms with Gasteiger partial charge in [0.05, 0.1) is 6.61 Å². The normalized spacial score (nSPS) is 14.4. The highest BCUT2D eigenvalue weighted by molar-refractivity contribution is 5.28. The van der Waals surface area contributed by atoms with E-state index in [1.807, 2.05) is 43.1 Å². The van der Waals surface area contributed by atoms with E-state index in [-0.39, 0.29) is 19.3 Å². The van der Waals surface area contributed by atoms with Gasteiger partial charge in [0.15, 0.2) is 0 Å². The number of ether oxygens (including phenoxy) is 1. The minimum Gasteiger partial charge on any atom is -0.491 e. The molecule has 2 unspecified atom stereocenters. The Balaban J connectivity index is 2.39. The van der Waals surface area contributed by atoms with Crippen LogP contribution in [0, 0.1) is 0 Å². The molecule has 5 nitrogen and oxygen atoms in total. The van der Waals surface area contributed by atoms with Gasteiger partial charge in [-0.2, -0.15) is 0 Å². The average Bonchev–Trinajstić information content (AvgIpc) is 2.44. The van der Waals surface area contributed by atoms with Crippen LogP contribution >= 0.6 is 0 Å². The predicted octanol–water partition coefficient (Wildman–Crippen LogP) is 0.198. The van der Waals surface area contributed by atoms with Gasteiger partial charge in [-0.1, -0.05) is 12.1 Å². The Bertz CT molecular complexity index is 373. The zero-order valence-electron chi connectivity index (χ0n) is 11.6. The Hall–Kier alpha value is -1.14. The van der Waals surface area contributed by atoms with Crippen LogP contribution in [-0.4, -0.2) is 54.1 Å². The Morgan fingerprint density at radius 2 is 2.16 bits per heavy atom. The molecule has 108 valence electrons. The van der Waals surface area contributed by atoms with Gasteiger partial charge in [-0.15, -0.1) is 0 Å². The Kier molecular flexibility index (Phi) is 6.80. The van der Waals surface area contributed by atoms with Crippen molar-refractivity contribution in [2.75, 3.05) is 26.8 Å². The van der Waals surface area contributed by atoms with Crippen molar-refractivity contribution in [1.29, 1.82) is 0 Å². The largest absolute Gasteiger partial charge is 0.491 e. The summed E-state index contributed by atoms with van der Waals surface area (Å²) in [5.74, 6) is 0.708. The summed E-state index contributed by atoms with van der Waals surface area (Å²) in [5, 5.41) is 18.9. The zero-order chi connectivity index (χ0) is 14.3. The number of hydrogen-bond acceptors (Lipinski definition) is 5. The van der Waals surface area contributed by atoms with E-state index in [9.17, 15) is 5.11 Å². The SMILES string of the molecule is CC(CO)N(C)CC(O)COc1cccc(CN)c1. The molecule has 0 spiro atoms. The van der Waals surface area contributed by atoms with Crippen molar-refractivity contribution in [2.45, 2.75) is 25.6 Å². The first kappa shape index (κ1) is 15.9. The Morgan fingerprint density at radius 3 is 2.79 bits per heavy atom. The summed E-state index contributed by atoms with van der Waals surface area (Å²) in [4.78, 5) is 1.89. The first-order chi connectivity index (χ1) is 9.06. The van der Waals surface area contributed by atoms with Gasteiger partial charge in [0.1, 0.15) is 18.5 Å². The highest BCUT2D eigenvalue weighted by Crippen LogP contribution is 2.13. The van der Waals surface area contributed by atoms with Crippen molar-refractivity contribution in [3.8, 4) is 5.75 Å². The number of nitrogens with zero attached hydrogens (tertiary/aromatic N) is 1. The monoisotopic (exact) mass is 268 g/mol. The van der Waals surface area contributed by atoms with E-state index in [1.54, 1.807) is 0 Å². The fraction of sp³-hybridized carbons (Fsp3) is 0.571. The first-order valence-corrected chi connectivity index (χ1v) is 6.47. The molecule has 0 amide bonds. The summed E-state index contributed by atoms with van der Waals surface area (Å²) >= 11 is 0. The number of likely N-dealkylation sites (N-methyl/N-ethyl adjacent to an activating group) is 1. The minimum atomic E-state index is -0.597. The second-order valence-electron chi connectivity index (χ2n) is 4.79. The van der Waals surface area contributed by atoms with Crippen molar-refractivity contribution in [3.63, 3.8) is 0 Å². The molecule has 0 aromatic heterocycles. The van der Waals surface area contributed by atoms with E-state index in [1.165, 1.54) is 0 Å². The lowest BCUT2D eigenvalue weighted by molar-refractivity contribution is 0.0543. The molecule has 0 radical (unpaired) electrons. The third kappa shape index (κ3) is 5.57. The Labute approximate surface area is 114 Å². The van der Waals surface area contributed by atoms with Gasteiger partial charge in [-0.3, -0.25) is 4.90 Å². The van der Waals surface area contributed by atoms with E-state index in [2.05, 4.69) is 0 Å². The summed E-state index contributed by atoms with van der Waals surface area (Å²) in [7, 11) is 1.86. The van der Waals surface area contributed by atoms with Crippen LogP contribution in [0.15, 0.2) is 24.3 Å². The molecular weight excluding hydrogens is 244 g/mol. The lowest BCUT2D eigenvalue weighted by Gasteiger charge is -2.25. The van der Waals surface area contributed by atoms with E-state index >= 15 is 0 Å². The lowest BCUT2D eigenvalue weighted by atomic mass is 10.2. The van der Waals surface area contributed by atoms with Crippen LogP contribution in [0.1, 0.15) is 12.5 Å². The molecule has 1 aromatic carbocycles. The summed E-state index contributed by atoms with van der Waals surface area (Å²) < 4.78 is 5.53. The highest BCUT2D eigenvalue weighted by atomic mass is 16.5. The second kappa shape index (κ2) is 8.12. The van der Waals surface area contributed by atoms with Crippen molar-refractivity contribution < 1.29 is 14.9 Å². The molecule has 4 N–H and O–H groups in total.